The second kappa shape index (κ2) is 6.01. The van der Waals surface area contributed by atoms with E-state index in [1.807, 2.05) is 30.5 Å². The number of hydrogen-bond donors (Lipinski definition) is 2. The van der Waals surface area contributed by atoms with Crippen molar-refractivity contribution in [3.05, 3.63) is 54.0 Å². The molecule has 118 valence electrons. The summed E-state index contributed by atoms with van der Waals surface area (Å²) < 4.78 is 2.25. The molecule has 2 aromatic heterocycles. The molecule has 0 saturated carbocycles. The van der Waals surface area contributed by atoms with E-state index < -0.39 is 0 Å². The SMILES string of the molecule is Oc1cccc(Cc2nc3cccnc3n2CC2CCNC2)c1. The lowest BCUT2D eigenvalue weighted by molar-refractivity contribution is 0.473. The molecule has 1 unspecified atom stereocenters. The number of phenols is 1. The fourth-order valence-electron chi connectivity index (χ4n) is 3.31. The number of phenolic OH excluding ortho intramolecular Hbond substituents is 1. The standard InChI is InChI=1S/C18H20N4O/c23-15-4-1-3-13(9-15)10-17-21-16-5-2-7-20-18(16)22(17)12-14-6-8-19-11-14/h1-5,7,9,14,19,23H,6,8,10-12H2. The van der Waals surface area contributed by atoms with Gasteiger partial charge < -0.3 is 15.0 Å². The van der Waals surface area contributed by atoms with Crippen LogP contribution in [0.25, 0.3) is 11.2 Å². The van der Waals surface area contributed by atoms with Gasteiger partial charge in [-0.05, 0) is 55.3 Å². The van der Waals surface area contributed by atoms with Gasteiger partial charge in [0.2, 0.25) is 0 Å². The Hall–Kier alpha value is -2.40. The predicted molar refractivity (Wildman–Crippen MR) is 89.4 cm³/mol. The van der Waals surface area contributed by atoms with Crippen molar-refractivity contribution in [2.24, 2.45) is 5.92 Å². The van der Waals surface area contributed by atoms with Crippen molar-refractivity contribution in [2.75, 3.05) is 13.1 Å². The Balaban J connectivity index is 1.72. The van der Waals surface area contributed by atoms with Crippen LogP contribution in [0.15, 0.2) is 42.6 Å². The summed E-state index contributed by atoms with van der Waals surface area (Å²) in [5.74, 6) is 1.93. The molecule has 0 aliphatic carbocycles. The maximum atomic E-state index is 9.68. The van der Waals surface area contributed by atoms with Gasteiger partial charge in [-0.3, -0.25) is 0 Å². The van der Waals surface area contributed by atoms with Gasteiger partial charge in [0, 0.05) is 19.2 Å². The zero-order valence-corrected chi connectivity index (χ0v) is 12.9. The number of hydrogen-bond acceptors (Lipinski definition) is 4. The molecule has 2 N–H and O–H groups in total. The molecule has 23 heavy (non-hydrogen) atoms. The molecule has 5 nitrogen and oxygen atoms in total. The van der Waals surface area contributed by atoms with E-state index in [0.717, 1.165) is 42.2 Å². The molecule has 0 amide bonds. The molecule has 0 spiro atoms. The van der Waals surface area contributed by atoms with E-state index in [9.17, 15) is 5.11 Å². The minimum absolute atomic E-state index is 0.295. The number of aromatic hydroxyl groups is 1. The number of benzene rings is 1. The summed E-state index contributed by atoms with van der Waals surface area (Å²) in [4.78, 5) is 9.31. The van der Waals surface area contributed by atoms with Crippen molar-refractivity contribution < 1.29 is 5.11 Å². The van der Waals surface area contributed by atoms with Gasteiger partial charge in [0.15, 0.2) is 5.65 Å². The molecular formula is C18H20N4O. The van der Waals surface area contributed by atoms with Crippen LogP contribution in [-0.2, 0) is 13.0 Å². The van der Waals surface area contributed by atoms with Crippen molar-refractivity contribution >= 4 is 11.2 Å². The maximum Gasteiger partial charge on any atom is 0.160 e. The van der Waals surface area contributed by atoms with Crippen molar-refractivity contribution in [2.45, 2.75) is 19.4 Å². The summed E-state index contributed by atoms with van der Waals surface area (Å²) in [6.45, 7) is 3.08. The molecule has 5 heteroatoms. The molecular weight excluding hydrogens is 288 g/mol. The van der Waals surface area contributed by atoms with Crippen LogP contribution in [0.2, 0.25) is 0 Å². The predicted octanol–water partition coefficient (Wildman–Crippen LogP) is 2.34. The smallest absolute Gasteiger partial charge is 0.160 e. The minimum atomic E-state index is 0.295. The van der Waals surface area contributed by atoms with Crippen LogP contribution in [-0.4, -0.2) is 32.7 Å². The monoisotopic (exact) mass is 308 g/mol. The van der Waals surface area contributed by atoms with Crippen molar-refractivity contribution in [1.82, 2.24) is 19.9 Å². The Morgan fingerprint density at radius 3 is 3.04 bits per heavy atom. The van der Waals surface area contributed by atoms with E-state index in [2.05, 4.69) is 14.9 Å². The molecule has 1 aromatic carbocycles. The lowest BCUT2D eigenvalue weighted by Gasteiger charge is -2.13. The van der Waals surface area contributed by atoms with Gasteiger partial charge in [0.25, 0.3) is 0 Å². The van der Waals surface area contributed by atoms with Crippen LogP contribution in [0.4, 0.5) is 0 Å². The van der Waals surface area contributed by atoms with Crippen LogP contribution >= 0.6 is 0 Å². The van der Waals surface area contributed by atoms with Crippen LogP contribution in [0, 0.1) is 5.92 Å². The van der Waals surface area contributed by atoms with Crippen molar-refractivity contribution in [3.8, 4) is 5.75 Å². The van der Waals surface area contributed by atoms with Gasteiger partial charge in [0.1, 0.15) is 17.1 Å². The van der Waals surface area contributed by atoms with Crippen LogP contribution < -0.4 is 5.32 Å². The fourth-order valence-corrected chi connectivity index (χ4v) is 3.31. The van der Waals surface area contributed by atoms with Gasteiger partial charge in [-0.1, -0.05) is 12.1 Å². The Morgan fingerprint density at radius 1 is 1.26 bits per heavy atom. The third-order valence-electron chi connectivity index (χ3n) is 4.46. The molecule has 3 aromatic rings. The van der Waals surface area contributed by atoms with E-state index in [4.69, 9.17) is 4.98 Å². The summed E-state index contributed by atoms with van der Waals surface area (Å²) in [6.07, 6.45) is 3.72. The summed E-state index contributed by atoms with van der Waals surface area (Å²) in [5, 5.41) is 13.1. The first-order valence-corrected chi connectivity index (χ1v) is 8.08. The van der Waals surface area contributed by atoms with E-state index in [0.29, 0.717) is 18.1 Å². The molecule has 4 rings (SSSR count). The minimum Gasteiger partial charge on any atom is -0.508 e. The highest BCUT2D eigenvalue weighted by Gasteiger charge is 2.19. The summed E-state index contributed by atoms with van der Waals surface area (Å²) in [6, 6.07) is 11.3. The van der Waals surface area contributed by atoms with Gasteiger partial charge >= 0.3 is 0 Å². The number of nitrogens with one attached hydrogen (secondary N) is 1. The average Bonchev–Trinajstić information content (AvgIpc) is 3.17. The average molecular weight is 308 g/mol. The number of aromatic nitrogens is 3. The van der Waals surface area contributed by atoms with Gasteiger partial charge in [-0.2, -0.15) is 0 Å². The first-order valence-electron chi connectivity index (χ1n) is 8.08. The Labute approximate surface area is 135 Å². The van der Waals surface area contributed by atoms with Crippen LogP contribution in [0.5, 0.6) is 5.75 Å². The molecule has 0 radical (unpaired) electrons. The van der Waals surface area contributed by atoms with Gasteiger partial charge in [-0.15, -0.1) is 0 Å². The van der Waals surface area contributed by atoms with Crippen molar-refractivity contribution in [1.29, 1.82) is 0 Å². The van der Waals surface area contributed by atoms with Gasteiger partial charge in [0.05, 0.1) is 0 Å². The number of pyridine rings is 1. The molecule has 0 bridgehead atoms. The normalized spacial score (nSPS) is 17.8. The Kier molecular flexibility index (Phi) is 3.71. The number of rotatable bonds is 4. The van der Waals surface area contributed by atoms with Crippen molar-refractivity contribution in [3.63, 3.8) is 0 Å². The molecule has 1 saturated heterocycles. The highest BCUT2D eigenvalue weighted by atomic mass is 16.3. The van der Waals surface area contributed by atoms with Crippen LogP contribution in [0.1, 0.15) is 17.8 Å². The Morgan fingerprint density at radius 2 is 2.22 bits per heavy atom. The molecule has 3 heterocycles. The molecule has 1 fully saturated rings. The summed E-state index contributed by atoms with van der Waals surface area (Å²) in [5.41, 5.74) is 2.95. The molecule has 1 aliphatic heterocycles. The Bertz CT molecular complexity index is 821. The second-order valence-corrected chi connectivity index (χ2v) is 6.19. The lowest BCUT2D eigenvalue weighted by Crippen LogP contribution is -2.16. The quantitative estimate of drug-likeness (QED) is 0.776. The third kappa shape index (κ3) is 2.92. The molecule has 1 atom stereocenters. The second-order valence-electron chi connectivity index (χ2n) is 6.19. The number of nitrogens with zero attached hydrogens (tertiary/aromatic N) is 3. The first kappa shape index (κ1) is 14.2. The largest absolute Gasteiger partial charge is 0.508 e. The zero-order valence-electron chi connectivity index (χ0n) is 12.9. The van der Waals surface area contributed by atoms with E-state index in [-0.39, 0.29) is 0 Å². The summed E-state index contributed by atoms with van der Waals surface area (Å²) >= 11 is 0. The van der Waals surface area contributed by atoms with E-state index in [1.165, 1.54) is 6.42 Å². The molecule has 1 aliphatic rings. The fraction of sp³-hybridized carbons (Fsp3) is 0.333. The van der Waals surface area contributed by atoms with Gasteiger partial charge in [-0.25, -0.2) is 9.97 Å². The topological polar surface area (TPSA) is 63.0 Å². The van der Waals surface area contributed by atoms with E-state index in [1.54, 1.807) is 12.1 Å². The maximum absolute atomic E-state index is 9.68. The lowest BCUT2D eigenvalue weighted by atomic mass is 10.1. The number of imidazole rings is 1. The van der Waals surface area contributed by atoms with Crippen LogP contribution in [0.3, 0.4) is 0 Å². The number of fused-ring (bicyclic) bond motifs is 1. The van der Waals surface area contributed by atoms with E-state index >= 15 is 0 Å². The highest BCUT2D eigenvalue weighted by molar-refractivity contribution is 5.71. The summed E-state index contributed by atoms with van der Waals surface area (Å²) in [7, 11) is 0. The highest BCUT2D eigenvalue weighted by Crippen LogP contribution is 2.21. The zero-order chi connectivity index (χ0) is 15.6. The first-order chi connectivity index (χ1) is 11.3. The third-order valence-corrected chi connectivity index (χ3v) is 4.46.